The van der Waals surface area contributed by atoms with E-state index < -0.39 is 5.54 Å². The van der Waals surface area contributed by atoms with E-state index in [0.717, 1.165) is 25.7 Å². The molecule has 2 atom stereocenters. The van der Waals surface area contributed by atoms with Gasteiger partial charge in [-0.15, -0.1) is 0 Å². The molecule has 1 fully saturated rings. The Kier molecular flexibility index (Phi) is 5.79. The number of rotatable bonds is 5. The van der Waals surface area contributed by atoms with Gasteiger partial charge in [0, 0.05) is 13.6 Å². The van der Waals surface area contributed by atoms with Crippen molar-refractivity contribution in [3.63, 3.8) is 0 Å². The molecule has 1 aliphatic carbocycles. The van der Waals surface area contributed by atoms with Gasteiger partial charge in [0.25, 0.3) is 0 Å². The largest absolute Gasteiger partial charge is 0.355 e. The van der Waals surface area contributed by atoms with Crippen molar-refractivity contribution in [1.82, 2.24) is 10.2 Å². The first kappa shape index (κ1) is 16.0. The second-order valence-corrected chi connectivity index (χ2v) is 5.87. The average molecular weight is 269 g/mol. The number of likely N-dealkylation sites (N-methyl/N-ethyl adjacent to an activating group) is 1. The summed E-state index contributed by atoms with van der Waals surface area (Å²) in [7, 11) is 1.65. The Morgan fingerprint density at radius 2 is 2.16 bits per heavy atom. The highest BCUT2D eigenvalue weighted by molar-refractivity contribution is 5.90. The van der Waals surface area contributed by atoms with Crippen LogP contribution in [0.5, 0.6) is 0 Å². The molecule has 5 heteroatoms. The lowest BCUT2D eigenvalue weighted by atomic mass is 9.76. The van der Waals surface area contributed by atoms with Crippen molar-refractivity contribution in [1.29, 1.82) is 0 Å². The van der Waals surface area contributed by atoms with Crippen LogP contribution in [0.15, 0.2) is 0 Å². The third kappa shape index (κ3) is 4.49. The highest BCUT2D eigenvalue weighted by Crippen LogP contribution is 2.31. The molecule has 0 aromatic carbocycles. The molecular formula is C14H27N3O2. The fourth-order valence-electron chi connectivity index (χ4n) is 2.77. The molecule has 0 radical (unpaired) electrons. The van der Waals surface area contributed by atoms with Crippen LogP contribution in [0.3, 0.4) is 0 Å². The Morgan fingerprint density at radius 3 is 2.74 bits per heavy atom. The topological polar surface area (TPSA) is 75.4 Å². The van der Waals surface area contributed by atoms with Crippen molar-refractivity contribution in [2.45, 2.75) is 51.5 Å². The van der Waals surface area contributed by atoms with E-state index >= 15 is 0 Å². The van der Waals surface area contributed by atoms with Crippen LogP contribution in [0.4, 0.5) is 0 Å². The minimum atomic E-state index is -0.780. The number of nitrogens with two attached hydrogens (primary N) is 1. The van der Waals surface area contributed by atoms with Crippen LogP contribution in [-0.4, -0.2) is 42.4 Å². The van der Waals surface area contributed by atoms with Crippen molar-refractivity contribution >= 4 is 11.8 Å². The number of carbonyl (C=O) groups excluding carboxylic acids is 2. The molecule has 1 aliphatic rings. The van der Waals surface area contributed by atoms with Gasteiger partial charge < -0.3 is 16.0 Å². The van der Waals surface area contributed by atoms with Crippen LogP contribution in [0, 0.1) is 5.92 Å². The third-order valence-electron chi connectivity index (χ3n) is 3.76. The van der Waals surface area contributed by atoms with E-state index in [1.54, 1.807) is 7.05 Å². The molecule has 110 valence electrons. The maximum atomic E-state index is 12.4. The second-order valence-electron chi connectivity index (χ2n) is 5.87. The van der Waals surface area contributed by atoms with E-state index in [2.05, 4.69) is 12.2 Å². The van der Waals surface area contributed by atoms with Gasteiger partial charge in [-0.05, 0) is 25.2 Å². The van der Waals surface area contributed by atoms with Crippen LogP contribution in [0.1, 0.15) is 46.0 Å². The Bertz CT molecular complexity index is 333. The van der Waals surface area contributed by atoms with Crippen molar-refractivity contribution < 1.29 is 9.59 Å². The zero-order valence-corrected chi connectivity index (χ0v) is 12.4. The summed E-state index contributed by atoms with van der Waals surface area (Å²) >= 11 is 0. The van der Waals surface area contributed by atoms with Crippen molar-refractivity contribution in [3.8, 4) is 0 Å². The van der Waals surface area contributed by atoms with E-state index in [-0.39, 0.29) is 18.4 Å². The zero-order chi connectivity index (χ0) is 14.5. The molecule has 0 aromatic rings. The van der Waals surface area contributed by atoms with E-state index in [1.807, 2.05) is 6.92 Å². The summed E-state index contributed by atoms with van der Waals surface area (Å²) < 4.78 is 0. The normalized spacial score (nSPS) is 26.8. The number of amides is 2. The Labute approximate surface area is 115 Å². The lowest BCUT2D eigenvalue weighted by Gasteiger charge is -2.37. The van der Waals surface area contributed by atoms with Crippen LogP contribution < -0.4 is 11.1 Å². The standard InChI is InChI=1S/C14H27N3O2/c1-4-8-16-12(18)10-17(3)13(19)14(15)7-5-6-11(2)9-14/h11H,4-10,15H2,1-3H3,(H,16,18). The Morgan fingerprint density at radius 1 is 1.47 bits per heavy atom. The minimum absolute atomic E-state index is 0.0894. The maximum absolute atomic E-state index is 12.4. The van der Waals surface area contributed by atoms with Gasteiger partial charge in [-0.1, -0.05) is 26.7 Å². The highest BCUT2D eigenvalue weighted by Gasteiger charge is 2.39. The number of hydrogen-bond acceptors (Lipinski definition) is 3. The molecule has 0 saturated heterocycles. The average Bonchev–Trinajstić information content (AvgIpc) is 2.35. The molecule has 0 bridgehead atoms. The minimum Gasteiger partial charge on any atom is -0.355 e. The fourth-order valence-corrected chi connectivity index (χ4v) is 2.77. The van der Waals surface area contributed by atoms with Crippen molar-refractivity contribution in [3.05, 3.63) is 0 Å². The van der Waals surface area contributed by atoms with Gasteiger partial charge in [-0.2, -0.15) is 0 Å². The summed E-state index contributed by atoms with van der Waals surface area (Å²) in [6, 6.07) is 0. The monoisotopic (exact) mass is 269 g/mol. The third-order valence-corrected chi connectivity index (χ3v) is 3.76. The molecule has 0 aliphatic heterocycles. The Hall–Kier alpha value is -1.10. The van der Waals surface area contributed by atoms with Crippen LogP contribution in [0.2, 0.25) is 0 Å². The van der Waals surface area contributed by atoms with Gasteiger partial charge in [0.15, 0.2) is 0 Å². The molecule has 2 unspecified atom stereocenters. The van der Waals surface area contributed by atoms with Gasteiger partial charge in [-0.3, -0.25) is 9.59 Å². The highest BCUT2D eigenvalue weighted by atomic mass is 16.2. The molecule has 1 saturated carbocycles. The van der Waals surface area contributed by atoms with Gasteiger partial charge in [0.2, 0.25) is 11.8 Å². The summed E-state index contributed by atoms with van der Waals surface area (Å²) in [6.45, 7) is 4.85. The molecule has 1 rings (SSSR count). The molecular weight excluding hydrogens is 242 g/mol. The Balaban J connectivity index is 2.53. The van der Waals surface area contributed by atoms with E-state index in [9.17, 15) is 9.59 Å². The number of carbonyl (C=O) groups is 2. The van der Waals surface area contributed by atoms with Crippen molar-refractivity contribution in [2.75, 3.05) is 20.1 Å². The van der Waals surface area contributed by atoms with Gasteiger partial charge in [0.05, 0.1) is 12.1 Å². The lowest BCUT2D eigenvalue weighted by Crippen LogP contribution is -2.57. The molecule has 5 nitrogen and oxygen atoms in total. The van der Waals surface area contributed by atoms with Crippen LogP contribution in [-0.2, 0) is 9.59 Å². The summed E-state index contributed by atoms with van der Waals surface area (Å²) in [5, 5.41) is 2.77. The number of hydrogen-bond donors (Lipinski definition) is 2. The molecule has 3 N–H and O–H groups in total. The summed E-state index contributed by atoms with van der Waals surface area (Å²) in [5.41, 5.74) is 5.47. The summed E-state index contributed by atoms with van der Waals surface area (Å²) in [5.74, 6) is 0.251. The first-order valence-corrected chi connectivity index (χ1v) is 7.20. The predicted molar refractivity (Wildman–Crippen MR) is 75.5 cm³/mol. The first-order chi connectivity index (χ1) is 8.89. The van der Waals surface area contributed by atoms with E-state index in [1.165, 1.54) is 4.90 Å². The van der Waals surface area contributed by atoms with Gasteiger partial charge >= 0.3 is 0 Å². The van der Waals surface area contributed by atoms with E-state index in [0.29, 0.717) is 18.9 Å². The van der Waals surface area contributed by atoms with Gasteiger partial charge in [0.1, 0.15) is 0 Å². The fraction of sp³-hybridized carbons (Fsp3) is 0.857. The van der Waals surface area contributed by atoms with Gasteiger partial charge in [-0.25, -0.2) is 0 Å². The SMILES string of the molecule is CCCNC(=O)CN(C)C(=O)C1(N)CCCC(C)C1. The number of nitrogens with zero attached hydrogens (tertiary/aromatic N) is 1. The van der Waals surface area contributed by atoms with E-state index in [4.69, 9.17) is 5.73 Å². The second kappa shape index (κ2) is 6.89. The van der Waals surface area contributed by atoms with Crippen molar-refractivity contribution in [2.24, 2.45) is 11.7 Å². The molecule has 2 amide bonds. The molecule has 0 heterocycles. The summed E-state index contributed by atoms with van der Waals surface area (Å²) in [4.78, 5) is 25.5. The molecule has 0 aromatic heterocycles. The first-order valence-electron chi connectivity index (χ1n) is 7.20. The van der Waals surface area contributed by atoms with Crippen LogP contribution >= 0.6 is 0 Å². The predicted octanol–water partition coefficient (Wildman–Crippen LogP) is 0.879. The smallest absolute Gasteiger partial charge is 0.242 e. The number of nitrogens with one attached hydrogen (secondary N) is 1. The zero-order valence-electron chi connectivity index (χ0n) is 12.4. The summed E-state index contributed by atoms with van der Waals surface area (Å²) in [6.07, 6.45) is 4.44. The quantitative estimate of drug-likeness (QED) is 0.778. The maximum Gasteiger partial charge on any atom is 0.242 e. The lowest BCUT2D eigenvalue weighted by molar-refractivity contribution is -0.140. The van der Waals surface area contributed by atoms with Crippen LogP contribution in [0.25, 0.3) is 0 Å². The molecule has 0 spiro atoms. The molecule has 19 heavy (non-hydrogen) atoms.